The number of nitrogens with two attached hydrogens (primary N) is 2. The summed E-state index contributed by atoms with van der Waals surface area (Å²) < 4.78 is 0. The van der Waals surface area contributed by atoms with E-state index in [1.807, 2.05) is 0 Å². The Labute approximate surface area is 163 Å². The third kappa shape index (κ3) is 73200. The summed E-state index contributed by atoms with van der Waals surface area (Å²) in [6.45, 7) is 5.53. The smallest absolute Gasteiger partial charge is 1.00 e. The molecule has 0 amide bonds. The van der Waals surface area contributed by atoms with Gasteiger partial charge in [0.15, 0.2) is 0 Å². The molecule has 21 heavy (non-hydrogen) atoms. The molecule has 0 aliphatic rings. The second-order valence-electron chi connectivity index (χ2n) is 2.65. The zero-order valence-electron chi connectivity index (χ0n) is 14.7. The first kappa shape index (κ1) is 37.0. The Bertz CT molecular complexity index is 205. The monoisotopic (exact) mass is 390 g/mol. The Morgan fingerprint density at radius 1 is 0.667 bits per heavy atom. The van der Waals surface area contributed by atoms with Crippen molar-refractivity contribution < 1.29 is 42.5 Å². The number of aliphatic carboxylic acids is 4. The van der Waals surface area contributed by atoms with E-state index >= 15 is 0 Å². The maximum absolute atomic E-state index is 9.00. The summed E-state index contributed by atoms with van der Waals surface area (Å²) in [6.07, 6.45) is 0. The molecule has 0 aliphatic carbocycles. The van der Waals surface area contributed by atoms with Crippen LogP contribution in [0.4, 0.5) is 0 Å². The van der Waals surface area contributed by atoms with Crippen LogP contribution in [0.25, 0.3) is 0 Å². The van der Waals surface area contributed by atoms with Gasteiger partial charge in [-0.3, -0.25) is 19.2 Å². The third-order valence-electron chi connectivity index (χ3n) is 0.167. The van der Waals surface area contributed by atoms with Crippen LogP contribution in [0.1, 0.15) is 30.5 Å². The number of carboxylic acids is 4. The van der Waals surface area contributed by atoms with E-state index < -0.39 is 23.9 Å². The maximum atomic E-state index is 9.00. The van der Waals surface area contributed by atoms with Crippen molar-refractivity contribution in [2.24, 2.45) is 11.5 Å². The Morgan fingerprint density at radius 2 is 0.714 bits per heavy atom. The summed E-state index contributed by atoms with van der Waals surface area (Å²) in [5.74, 6) is -3.33. The van der Waals surface area contributed by atoms with Crippen molar-refractivity contribution in [3.63, 3.8) is 0 Å². The van der Waals surface area contributed by atoms with Crippen LogP contribution in [-0.4, -0.2) is 103 Å². The molecular formula is C10H26N2O8Sr. The minimum absolute atomic E-state index is 0. The molecule has 0 heterocycles. The molecule has 10 nitrogen and oxygen atoms in total. The molecular weight excluding hydrogens is 364 g/mol. The van der Waals surface area contributed by atoms with Crippen molar-refractivity contribution in [2.75, 3.05) is 13.1 Å². The molecule has 0 saturated heterocycles. The van der Waals surface area contributed by atoms with Gasteiger partial charge in [-0.1, -0.05) is 0 Å². The second kappa shape index (κ2) is 36.5. The van der Waals surface area contributed by atoms with Gasteiger partial charge in [-0.25, -0.2) is 0 Å². The van der Waals surface area contributed by atoms with E-state index in [2.05, 4.69) is 0 Å². The molecule has 0 fully saturated rings. The average Bonchev–Trinajstić information content (AvgIpc) is 2.13. The van der Waals surface area contributed by atoms with Crippen LogP contribution in [0.3, 0.4) is 0 Å². The molecule has 0 aromatic carbocycles. The van der Waals surface area contributed by atoms with Gasteiger partial charge in [0.1, 0.15) is 0 Å². The Kier molecular flexibility index (Phi) is 64.3. The number of hydrogen-bond acceptors (Lipinski definition) is 6. The summed E-state index contributed by atoms with van der Waals surface area (Å²) >= 11 is 0. The van der Waals surface area contributed by atoms with Crippen LogP contribution in [0.5, 0.6) is 0 Å². The van der Waals surface area contributed by atoms with E-state index in [0.717, 1.165) is 27.7 Å². The van der Waals surface area contributed by atoms with Crippen molar-refractivity contribution >= 4 is 69.4 Å². The van der Waals surface area contributed by atoms with Gasteiger partial charge in [0.2, 0.25) is 0 Å². The molecule has 0 radical (unpaired) electrons. The number of carbonyl (C=O) groups is 4. The molecule has 0 rings (SSSR count). The summed E-state index contributed by atoms with van der Waals surface area (Å²) in [5.41, 5.74) is 9.81. The fourth-order valence-electron chi connectivity index (χ4n) is 0. The van der Waals surface area contributed by atoms with Crippen molar-refractivity contribution in [2.45, 2.75) is 27.7 Å². The first-order chi connectivity index (χ1) is 8.84. The van der Waals surface area contributed by atoms with Crippen molar-refractivity contribution in [3.8, 4) is 0 Å². The SMILES string of the molecule is CC(=O)O.CC(=O)O.CC(=O)O.CC(=O)O.NCCN.[H-].[H-].[Sr+2]. The molecule has 126 valence electrons. The normalized spacial score (nSPS) is 6.19. The van der Waals surface area contributed by atoms with Crippen molar-refractivity contribution in [1.82, 2.24) is 0 Å². The van der Waals surface area contributed by atoms with E-state index in [1.165, 1.54) is 0 Å². The first-order valence-electron chi connectivity index (χ1n) is 5.03. The molecule has 0 spiro atoms. The molecule has 11 heteroatoms. The molecule has 0 bridgehead atoms. The van der Waals surface area contributed by atoms with E-state index in [9.17, 15) is 0 Å². The summed E-state index contributed by atoms with van der Waals surface area (Å²) in [4.78, 5) is 36.0. The predicted octanol–water partition coefficient (Wildman–Crippen LogP) is -0.888. The molecule has 0 aromatic rings. The zero-order valence-corrected chi connectivity index (χ0v) is 16.2. The van der Waals surface area contributed by atoms with Crippen molar-refractivity contribution in [1.29, 1.82) is 0 Å². The Hall–Kier alpha value is -0.719. The largest absolute Gasteiger partial charge is 2.00 e. The van der Waals surface area contributed by atoms with Gasteiger partial charge in [0.25, 0.3) is 23.9 Å². The van der Waals surface area contributed by atoms with Gasteiger partial charge in [0, 0.05) is 40.8 Å². The van der Waals surface area contributed by atoms with Gasteiger partial charge < -0.3 is 34.7 Å². The van der Waals surface area contributed by atoms with Crippen LogP contribution < -0.4 is 11.5 Å². The van der Waals surface area contributed by atoms with Gasteiger partial charge in [-0.2, -0.15) is 0 Å². The number of hydrogen-bond donors (Lipinski definition) is 6. The standard InChI is InChI=1S/C2H8N2.4C2H4O2.Sr.2H/c3-1-2-4;4*1-2(3)4;;;/h1-4H2;4*1H3,(H,3,4);;;/q;;;;;+2;2*-1. The van der Waals surface area contributed by atoms with Gasteiger partial charge >= 0.3 is 45.5 Å². The molecule has 0 unspecified atom stereocenters. The fraction of sp³-hybridized carbons (Fsp3) is 0.600. The number of carboxylic acid groups (broad SMARTS) is 4. The molecule has 0 aromatic heterocycles. The average molecular weight is 390 g/mol. The predicted molar refractivity (Wildman–Crippen MR) is 79.3 cm³/mol. The van der Waals surface area contributed by atoms with Crippen LogP contribution >= 0.6 is 0 Å². The van der Waals surface area contributed by atoms with Gasteiger partial charge in [-0.15, -0.1) is 0 Å². The summed E-state index contributed by atoms with van der Waals surface area (Å²) in [6, 6.07) is 0. The minimum Gasteiger partial charge on any atom is -1.00 e. The number of rotatable bonds is 1. The van der Waals surface area contributed by atoms with E-state index in [0.29, 0.717) is 13.1 Å². The summed E-state index contributed by atoms with van der Waals surface area (Å²) in [5, 5.41) is 29.7. The van der Waals surface area contributed by atoms with Gasteiger partial charge in [0.05, 0.1) is 0 Å². The van der Waals surface area contributed by atoms with Crippen LogP contribution in [0, 0.1) is 0 Å². The molecule has 8 N–H and O–H groups in total. The Morgan fingerprint density at radius 3 is 0.714 bits per heavy atom. The van der Waals surface area contributed by atoms with E-state index in [1.54, 1.807) is 0 Å². The van der Waals surface area contributed by atoms with E-state index in [4.69, 9.17) is 51.1 Å². The zero-order chi connectivity index (χ0) is 17.7. The first-order valence-corrected chi connectivity index (χ1v) is 5.03. The Balaban J connectivity index is -0.0000000197. The second-order valence-corrected chi connectivity index (χ2v) is 2.65. The maximum Gasteiger partial charge on any atom is 2.00 e. The van der Waals surface area contributed by atoms with Crippen LogP contribution in [0.15, 0.2) is 0 Å². The van der Waals surface area contributed by atoms with Crippen LogP contribution in [0.2, 0.25) is 0 Å². The molecule has 0 atom stereocenters. The van der Waals surface area contributed by atoms with Crippen LogP contribution in [-0.2, 0) is 19.2 Å². The quantitative estimate of drug-likeness (QED) is 0.305. The fourth-order valence-corrected chi connectivity index (χ4v) is 0. The van der Waals surface area contributed by atoms with Gasteiger partial charge in [-0.05, 0) is 0 Å². The topological polar surface area (TPSA) is 201 Å². The minimum atomic E-state index is -0.833. The van der Waals surface area contributed by atoms with E-state index in [-0.39, 0.29) is 48.3 Å². The molecule has 0 aliphatic heterocycles. The third-order valence-corrected chi connectivity index (χ3v) is 0.167. The van der Waals surface area contributed by atoms with Crippen molar-refractivity contribution in [3.05, 3.63) is 0 Å². The molecule has 0 saturated carbocycles. The summed E-state index contributed by atoms with van der Waals surface area (Å²) in [7, 11) is 0.